The third-order valence-electron chi connectivity index (χ3n) is 12.7. The van der Waals surface area contributed by atoms with Crippen molar-refractivity contribution in [2.45, 2.75) is 88.8 Å². The monoisotopic (exact) mass is 774 g/mol. The summed E-state index contributed by atoms with van der Waals surface area (Å²) < 4.78 is 31.9. The van der Waals surface area contributed by atoms with Gasteiger partial charge in [-0.25, -0.2) is 13.6 Å². The lowest BCUT2D eigenvalue weighted by atomic mass is 10.0. The number of carbonyl (C=O) groups excluding carboxylic acids is 3. The summed E-state index contributed by atoms with van der Waals surface area (Å²) >= 11 is 0. The average molecular weight is 775 g/mol. The number of nitrogens with zero attached hydrogens (tertiary/aromatic N) is 3. The molecule has 4 aromatic rings. The van der Waals surface area contributed by atoms with Crippen molar-refractivity contribution in [3.8, 4) is 0 Å². The average Bonchev–Trinajstić information content (AvgIpc) is 4.03. The molecule has 4 fully saturated rings. The molecule has 8 atom stereocenters. The van der Waals surface area contributed by atoms with E-state index < -0.39 is 16.7 Å². The number of pyridine rings is 2. The van der Waals surface area contributed by atoms with Crippen LogP contribution in [0.4, 0.5) is 25.0 Å². The molecular weight excluding hydrogens is 727 g/mol. The van der Waals surface area contributed by atoms with Gasteiger partial charge in [-0.15, -0.1) is 0 Å². The Labute approximate surface area is 331 Å². The quantitative estimate of drug-likeness (QED) is 0.181. The summed E-state index contributed by atoms with van der Waals surface area (Å²) in [6.45, 7) is 11.5. The second-order valence-corrected chi connectivity index (χ2v) is 18.0. The zero-order valence-electron chi connectivity index (χ0n) is 32.9. The fraction of sp³-hybridized carbons (Fsp3) is 0.444. The molecule has 4 saturated carbocycles. The van der Waals surface area contributed by atoms with Gasteiger partial charge in [-0.2, -0.15) is 0 Å². The van der Waals surface area contributed by atoms with Crippen LogP contribution in [0.15, 0.2) is 72.8 Å². The second-order valence-electron chi connectivity index (χ2n) is 18.0. The Morgan fingerprint density at radius 2 is 1.23 bits per heavy atom. The van der Waals surface area contributed by atoms with Crippen molar-refractivity contribution < 1.29 is 27.9 Å². The molecule has 12 heteroatoms. The number of nitrogens with one attached hydrogen (secondary N) is 3. The van der Waals surface area contributed by atoms with E-state index in [1.807, 2.05) is 39.0 Å². The minimum Gasteiger partial charge on any atom is -0.443 e. The van der Waals surface area contributed by atoms with E-state index in [-0.39, 0.29) is 35.5 Å². The van der Waals surface area contributed by atoms with Crippen molar-refractivity contribution in [2.75, 3.05) is 23.3 Å². The standard InChI is InChI=1S/C25H28FN3O3.C20H20FN3O/c1-14-12-25(14,28-22(30)15-5-7-17(26)8-6-15)20-10-9-19-21(27-20)18-11-16(18)13-29(19)23(31)32-24(2,3)4;1-11-9-20(11,24-19(25)12-2-4-14(21)5-3-12)17-7-6-16-18(23-17)15-8-13(15)10-22-16/h5-10,14,16,18H,11-13H2,1-4H3,(H,28,30);2-7,11,13,15,22H,8-10H2,1H3,(H,24,25). The smallest absolute Gasteiger partial charge is 0.414 e. The van der Waals surface area contributed by atoms with E-state index in [0.29, 0.717) is 41.3 Å². The van der Waals surface area contributed by atoms with E-state index in [1.165, 1.54) is 55.0 Å². The molecule has 0 bridgehead atoms. The van der Waals surface area contributed by atoms with E-state index in [1.54, 1.807) is 4.90 Å². The van der Waals surface area contributed by atoms with E-state index in [2.05, 4.69) is 35.9 Å². The number of ether oxygens (including phenoxy) is 1. The van der Waals surface area contributed by atoms with Crippen molar-refractivity contribution in [1.29, 1.82) is 0 Å². The van der Waals surface area contributed by atoms with Crippen LogP contribution in [0.1, 0.15) is 116 Å². The van der Waals surface area contributed by atoms with Gasteiger partial charge in [-0.3, -0.25) is 24.5 Å². The Balaban J connectivity index is 0.000000153. The zero-order chi connectivity index (χ0) is 40.0. The van der Waals surface area contributed by atoms with Crippen LogP contribution in [0.2, 0.25) is 0 Å². The lowest BCUT2D eigenvalue weighted by Gasteiger charge is -2.31. The van der Waals surface area contributed by atoms with Crippen molar-refractivity contribution in [3.63, 3.8) is 0 Å². The largest absolute Gasteiger partial charge is 0.443 e. The predicted molar refractivity (Wildman–Crippen MR) is 211 cm³/mol. The first-order chi connectivity index (χ1) is 27.1. The van der Waals surface area contributed by atoms with Gasteiger partial charge in [0.25, 0.3) is 11.8 Å². The van der Waals surface area contributed by atoms with Crippen LogP contribution < -0.4 is 20.9 Å². The SMILES string of the molecule is CC1CC1(NC(=O)c1ccc(F)cc1)c1ccc2c(n1)C1CC1CN2.CC1CC1(NC(=O)c1ccc(F)cc1)c1ccc2c(n1)C1CC1CN2C(=O)OC(C)(C)C. The highest BCUT2D eigenvalue weighted by Crippen LogP contribution is 2.57. The molecule has 10 rings (SSSR count). The van der Waals surface area contributed by atoms with Gasteiger partial charge < -0.3 is 20.7 Å². The van der Waals surface area contributed by atoms with Gasteiger partial charge in [-0.05, 0) is 143 Å². The van der Waals surface area contributed by atoms with Crippen molar-refractivity contribution >= 4 is 29.3 Å². The van der Waals surface area contributed by atoms with Crippen LogP contribution in [0.5, 0.6) is 0 Å². The minimum atomic E-state index is -0.566. The van der Waals surface area contributed by atoms with Crippen molar-refractivity contribution in [1.82, 2.24) is 20.6 Å². The molecule has 6 aliphatic rings. The Bertz CT molecular complexity index is 2280. The van der Waals surface area contributed by atoms with Crippen LogP contribution in [-0.4, -0.2) is 46.6 Å². The summed E-state index contributed by atoms with van der Waals surface area (Å²) in [4.78, 5) is 49.9. The first-order valence-corrected chi connectivity index (χ1v) is 20.1. The summed E-state index contributed by atoms with van der Waals surface area (Å²) in [6.07, 6.45) is 3.54. The summed E-state index contributed by atoms with van der Waals surface area (Å²) in [5.41, 5.74) is 5.15. The molecular formula is C45H48F2N6O4. The first kappa shape index (κ1) is 37.2. The van der Waals surface area contributed by atoms with Crippen molar-refractivity contribution in [3.05, 3.63) is 118 Å². The molecule has 0 spiro atoms. The Hall–Kier alpha value is -5.39. The topological polar surface area (TPSA) is 126 Å². The van der Waals surface area contributed by atoms with Gasteiger partial charge >= 0.3 is 6.09 Å². The van der Waals surface area contributed by atoms with E-state index in [4.69, 9.17) is 14.7 Å². The Morgan fingerprint density at radius 3 is 1.75 bits per heavy atom. The van der Waals surface area contributed by atoms with E-state index >= 15 is 0 Å². The van der Waals surface area contributed by atoms with E-state index in [9.17, 15) is 23.2 Å². The highest BCUT2D eigenvalue weighted by Gasteiger charge is 2.57. The van der Waals surface area contributed by atoms with Gasteiger partial charge in [0.05, 0.1) is 45.2 Å². The number of anilines is 2. The lowest BCUT2D eigenvalue weighted by molar-refractivity contribution is 0.0576. The molecule has 296 valence electrons. The third-order valence-corrected chi connectivity index (χ3v) is 12.7. The minimum absolute atomic E-state index is 0.175. The summed E-state index contributed by atoms with van der Waals surface area (Å²) in [7, 11) is 0. The Kier molecular flexibility index (Phi) is 8.71. The normalized spacial score (nSPS) is 29.4. The number of rotatable bonds is 6. The van der Waals surface area contributed by atoms with Crippen LogP contribution in [0, 0.1) is 35.3 Å². The summed E-state index contributed by atoms with van der Waals surface area (Å²) in [5, 5.41) is 9.75. The van der Waals surface area contributed by atoms with E-state index in [0.717, 1.165) is 65.9 Å². The highest BCUT2D eigenvalue weighted by atomic mass is 19.1. The van der Waals surface area contributed by atoms with Gasteiger partial charge in [0.15, 0.2) is 0 Å². The highest BCUT2D eigenvalue weighted by molar-refractivity contribution is 5.96. The molecule has 2 aromatic carbocycles. The molecule has 0 saturated heterocycles. The molecule has 3 N–H and O–H groups in total. The number of hydrogen-bond acceptors (Lipinski definition) is 7. The molecule has 8 unspecified atom stereocenters. The van der Waals surface area contributed by atoms with Crippen molar-refractivity contribution in [2.24, 2.45) is 23.7 Å². The lowest BCUT2D eigenvalue weighted by Crippen LogP contribution is -2.41. The molecule has 4 heterocycles. The maximum atomic E-state index is 13.2. The number of amides is 3. The number of halogens is 2. The maximum absolute atomic E-state index is 13.2. The maximum Gasteiger partial charge on any atom is 0.414 e. The second kappa shape index (κ2) is 13.3. The molecule has 0 radical (unpaired) electrons. The van der Waals surface area contributed by atoms with Crippen LogP contribution in [-0.2, 0) is 15.8 Å². The van der Waals surface area contributed by atoms with Gasteiger partial charge in [0.1, 0.15) is 17.2 Å². The summed E-state index contributed by atoms with van der Waals surface area (Å²) in [5.74, 6) is 1.50. The number of benzene rings is 2. The Morgan fingerprint density at radius 1 is 0.737 bits per heavy atom. The predicted octanol–water partition coefficient (Wildman–Crippen LogP) is 8.16. The zero-order valence-corrected chi connectivity index (χ0v) is 32.9. The van der Waals surface area contributed by atoms with Crippen LogP contribution >= 0.6 is 0 Å². The third kappa shape index (κ3) is 7.01. The molecule has 57 heavy (non-hydrogen) atoms. The molecule has 3 amide bonds. The summed E-state index contributed by atoms with van der Waals surface area (Å²) in [6, 6.07) is 19.2. The van der Waals surface area contributed by atoms with Crippen LogP contribution in [0.25, 0.3) is 0 Å². The molecule has 10 nitrogen and oxygen atoms in total. The fourth-order valence-corrected chi connectivity index (χ4v) is 8.82. The van der Waals surface area contributed by atoms with Gasteiger partial charge in [0.2, 0.25) is 0 Å². The number of fused-ring (bicyclic) bond motifs is 6. The van der Waals surface area contributed by atoms with Gasteiger partial charge in [0, 0.05) is 36.1 Å². The molecule has 4 aliphatic carbocycles. The number of hydrogen-bond donors (Lipinski definition) is 3. The molecule has 2 aliphatic heterocycles. The number of aromatic nitrogens is 2. The van der Waals surface area contributed by atoms with Crippen LogP contribution in [0.3, 0.4) is 0 Å². The molecule has 2 aromatic heterocycles. The fourth-order valence-electron chi connectivity index (χ4n) is 8.82. The number of carbonyl (C=O) groups is 3. The first-order valence-electron chi connectivity index (χ1n) is 20.1. The van der Waals surface area contributed by atoms with Gasteiger partial charge in [-0.1, -0.05) is 13.8 Å².